The lowest BCUT2D eigenvalue weighted by Crippen LogP contribution is -2.16. The summed E-state index contributed by atoms with van der Waals surface area (Å²) < 4.78 is 37.7. The molecule has 2 aromatic carbocycles. The molecule has 0 atom stereocenters. The monoisotopic (exact) mass is 273 g/mol. The van der Waals surface area contributed by atoms with Crippen molar-refractivity contribution >= 4 is 0 Å². The van der Waals surface area contributed by atoms with Crippen LogP contribution in [0.2, 0.25) is 0 Å². The van der Waals surface area contributed by atoms with Crippen LogP contribution < -0.4 is 9.47 Å². The van der Waals surface area contributed by atoms with Gasteiger partial charge in [-0.15, -0.1) is 0 Å². The Morgan fingerprint density at radius 2 is 1.75 bits per heavy atom. The highest BCUT2D eigenvalue weighted by atomic mass is 19.1. The predicted molar refractivity (Wildman–Crippen MR) is 67.5 cm³/mol. The Labute approximate surface area is 114 Å². The molecule has 0 fully saturated rings. The number of hydrogen-bond acceptors (Lipinski definition) is 3. The van der Waals surface area contributed by atoms with E-state index in [0.717, 1.165) is 6.07 Å². The first-order valence-electron chi connectivity index (χ1n) is 5.98. The van der Waals surface area contributed by atoms with Crippen molar-refractivity contribution in [3.05, 3.63) is 47.5 Å². The fraction of sp³-hybridized carbons (Fsp3) is 0.133. The van der Waals surface area contributed by atoms with E-state index < -0.39 is 11.6 Å². The molecule has 0 unspecified atom stereocenters. The van der Waals surface area contributed by atoms with Crippen molar-refractivity contribution in [2.45, 2.75) is 0 Å². The van der Waals surface area contributed by atoms with Crippen LogP contribution in [0.15, 0.2) is 30.3 Å². The summed E-state index contributed by atoms with van der Waals surface area (Å²) >= 11 is 0. The number of hydrogen-bond donors (Lipinski definition) is 0. The van der Waals surface area contributed by atoms with E-state index in [1.165, 1.54) is 24.3 Å². The normalized spacial score (nSPS) is 12.8. The highest BCUT2D eigenvalue weighted by molar-refractivity contribution is 5.78. The predicted octanol–water partition coefficient (Wildman–Crippen LogP) is 3.27. The van der Waals surface area contributed by atoms with E-state index in [-0.39, 0.29) is 5.56 Å². The van der Waals surface area contributed by atoms with Crippen LogP contribution in [0.4, 0.5) is 8.78 Å². The lowest BCUT2D eigenvalue weighted by molar-refractivity contribution is 0.171. The van der Waals surface area contributed by atoms with Gasteiger partial charge in [0.15, 0.2) is 11.5 Å². The molecular weight excluding hydrogens is 264 g/mol. The van der Waals surface area contributed by atoms with Crippen molar-refractivity contribution in [3.63, 3.8) is 0 Å². The third kappa shape index (κ3) is 2.05. The zero-order chi connectivity index (χ0) is 14.1. The van der Waals surface area contributed by atoms with Gasteiger partial charge in [-0.25, -0.2) is 8.78 Å². The summed E-state index contributed by atoms with van der Waals surface area (Å²) in [5.74, 6) is -0.356. The highest BCUT2D eigenvalue weighted by Crippen LogP contribution is 2.41. The molecule has 1 aliphatic heterocycles. The Balaban J connectivity index is 2.25. The van der Waals surface area contributed by atoms with E-state index in [9.17, 15) is 8.78 Å². The van der Waals surface area contributed by atoms with Crippen LogP contribution in [0.25, 0.3) is 11.1 Å². The summed E-state index contributed by atoms with van der Waals surface area (Å²) in [4.78, 5) is 0. The second-order valence-corrected chi connectivity index (χ2v) is 4.28. The van der Waals surface area contributed by atoms with Crippen molar-refractivity contribution < 1.29 is 18.3 Å². The van der Waals surface area contributed by atoms with Crippen LogP contribution in [0.3, 0.4) is 0 Å². The smallest absolute Gasteiger partial charge is 0.169 e. The van der Waals surface area contributed by atoms with E-state index in [4.69, 9.17) is 14.7 Å². The molecule has 0 bridgehead atoms. The number of halogens is 2. The van der Waals surface area contributed by atoms with Crippen LogP contribution in [-0.2, 0) is 0 Å². The minimum absolute atomic E-state index is 0.118. The van der Waals surface area contributed by atoms with Gasteiger partial charge in [-0.1, -0.05) is 0 Å². The van der Waals surface area contributed by atoms with E-state index in [0.29, 0.717) is 35.8 Å². The largest absolute Gasteiger partial charge is 0.486 e. The molecule has 20 heavy (non-hydrogen) atoms. The third-order valence-electron chi connectivity index (χ3n) is 3.00. The zero-order valence-electron chi connectivity index (χ0n) is 10.3. The second kappa shape index (κ2) is 4.82. The molecule has 3 rings (SSSR count). The van der Waals surface area contributed by atoms with Crippen molar-refractivity contribution in [2.75, 3.05) is 13.2 Å². The quantitative estimate of drug-likeness (QED) is 0.800. The lowest BCUT2D eigenvalue weighted by Gasteiger charge is -2.21. The highest BCUT2D eigenvalue weighted by Gasteiger charge is 2.21. The summed E-state index contributed by atoms with van der Waals surface area (Å²) in [6.45, 7) is 0.680. The molecule has 0 aromatic heterocycles. The number of fused-ring (bicyclic) bond motifs is 1. The summed E-state index contributed by atoms with van der Waals surface area (Å²) in [6, 6.07) is 8.14. The molecule has 2 aromatic rings. The maximum absolute atomic E-state index is 13.7. The molecule has 0 spiro atoms. The number of nitrogens with zero attached hydrogens (tertiary/aromatic N) is 1. The average molecular weight is 273 g/mol. The Hall–Kier alpha value is -2.61. The van der Waals surface area contributed by atoms with Gasteiger partial charge in [-0.3, -0.25) is 0 Å². The number of ether oxygens (including phenoxy) is 2. The van der Waals surface area contributed by atoms with Gasteiger partial charge < -0.3 is 9.47 Å². The fourth-order valence-corrected chi connectivity index (χ4v) is 2.16. The molecule has 5 heteroatoms. The second-order valence-electron chi connectivity index (χ2n) is 4.28. The standard InChI is InChI=1S/C15H9F2NO2/c16-10-1-2-12(9(5-10)8-18)13-6-11(17)7-14-15(13)20-4-3-19-14/h1-2,5-7H,3-4H2. The van der Waals surface area contributed by atoms with E-state index in [1.54, 1.807) is 0 Å². The van der Waals surface area contributed by atoms with Crippen LogP contribution in [0.5, 0.6) is 11.5 Å². The number of rotatable bonds is 1. The van der Waals surface area contributed by atoms with E-state index in [2.05, 4.69) is 0 Å². The van der Waals surface area contributed by atoms with Gasteiger partial charge in [0.25, 0.3) is 0 Å². The van der Waals surface area contributed by atoms with Crippen LogP contribution in [-0.4, -0.2) is 13.2 Å². The molecule has 0 saturated heterocycles. The van der Waals surface area contributed by atoms with Crippen molar-refractivity contribution in [1.82, 2.24) is 0 Å². The Morgan fingerprint density at radius 3 is 2.55 bits per heavy atom. The molecule has 1 heterocycles. The molecule has 0 radical (unpaired) electrons. The molecule has 0 amide bonds. The SMILES string of the molecule is N#Cc1cc(F)ccc1-c1cc(F)cc2c1OCCO2. The number of benzene rings is 2. The van der Waals surface area contributed by atoms with Crippen molar-refractivity contribution in [2.24, 2.45) is 0 Å². The molecular formula is C15H9F2NO2. The first-order chi connectivity index (χ1) is 9.69. The van der Waals surface area contributed by atoms with Crippen molar-refractivity contribution in [3.8, 4) is 28.7 Å². The molecule has 1 aliphatic rings. The Kier molecular flexibility index (Phi) is 2.99. The number of nitriles is 1. The summed E-state index contributed by atoms with van der Waals surface area (Å²) in [6.07, 6.45) is 0. The van der Waals surface area contributed by atoms with Gasteiger partial charge in [0.1, 0.15) is 24.8 Å². The maximum atomic E-state index is 13.7. The van der Waals surface area contributed by atoms with Gasteiger partial charge in [0.05, 0.1) is 11.6 Å². The molecule has 100 valence electrons. The van der Waals surface area contributed by atoms with Crippen LogP contribution >= 0.6 is 0 Å². The van der Waals surface area contributed by atoms with Gasteiger partial charge in [-0.05, 0) is 24.3 Å². The summed E-state index contributed by atoms with van der Waals surface area (Å²) in [7, 11) is 0. The molecule has 0 saturated carbocycles. The molecule has 3 nitrogen and oxygen atoms in total. The minimum Gasteiger partial charge on any atom is -0.486 e. The first kappa shape index (κ1) is 12.4. The van der Waals surface area contributed by atoms with Crippen molar-refractivity contribution in [1.29, 1.82) is 5.26 Å². The lowest BCUT2D eigenvalue weighted by atomic mass is 9.98. The third-order valence-corrected chi connectivity index (χ3v) is 3.00. The molecule has 0 N–H and O–H groups in total. The average Bonchev–Trinajstić information content (AvgIpc) is 2.46. The van der Waals surface area contributed by atoms with Gasteiger partial charge in [0, 0.05) is 17.2 Å². The van der Waals surface area contributed by atoms with Crippen LogP contribution in [0, 0.1) is 23.0 Å². The first-order valence-corrected chi connectivity index (χ1v) is 5.98. The summed E-state index contributed by atoms with van der Waals surface area (Å²) in [5, 5.41) is 9.10. The maximum Gasteiger partial charge on any atom is 0.169 e. The van der Waals surface area contributed by atoms with E-state index >= 15 is 0 Å². The van der Waals surface area contributed by atoms with Crippen LogP contribution in [0.1, 0.15) is 5.56 Å². The Bertz CT molecular complexity index is 723. The van der Waals surface area contributed by atoms with E-state index in [1.807, 2.05) is 6.07 Å². The van der Waals surface area contributed by atoms with Gasteiger partial charge in [0.2, 0.25) is 0 Å². The Morgan fingerprint density at radius 1 is 0.950 bits per heavy atom. The zero-order valence-corrected chi connectivity index (χ0v) is 10.3. The molecule has 0 aliphatic carbocycles. The minimum atomic E-state index is -0.521. The fourth-order valence-electron chi connectivity index (χ4n) is 2.16. The summed E-state index contributed by atoms with van der Waals surface area (Å²) in [5.41, 5.74) is 0.915. The topological polar surface area (TPSA) is 42.2 Å². The van der Waals surface area contributed by atoms with Gasteiger partial charge in [-0.2, -0.15) is 5.26 Å². The van der Waals surface area contributed by atoms with Gasteiger partial charge >= 0.3 is 0 Å².